The first-order valence-electron chi connectivity index (χ1n) is 10.3. The molecule has 0 fully saturated rings. The Morgan fingerprint density at radius 3 is 2.62 bits per heavy atom. The number of benzene rings is 3. The van der Waals surface area contributed by atoms with Crippen molar-refractivity contribution in [3.8, 4) is 11.4 Å². The molecule has 0 aliphatic carbocycles. The SMILES string of the molecule is Cc1cccc(OCCNC(=O)CSc2nc3ccccc3c(=O)n2-c2ccccc2)c1. The van der Waals surface area contributed by atoms with Gasteiger partial charge in [0.25, 0.3) is 5.56 Å². The van der Waals surface area contributed by atoms with Gasteiger partial charge in [-0.1, -0.05) is 54.2 Å². The number of nitrogens with one attached hydrogen (secondary N) is 1. The van der Waals surface area contributed by atoms with Crippen LogP contribution in [0, 0.1) is 6.92 Å². The Kier molecular flexibility index (Phi) is 6.87. The highest BCUT2D eigenvalue weighted by Gasteiger charge is 2.14. The first-order chi connectivity index (χ1) is 15.6. The molecule has 4 aromatic rings. The Balaban J connectivity index is 1.43. The van der Waals surface area contributed by atoms with Crippen molar-refractivity contribution in [1.82, 2.24) is 14.9 Å². The van der Waals surface area contributed by atoms with Gasteiger partial charge in [-0.25, -0.2) is 4.98 Å². The fraction of sp³-hybridized carbons (Fsp3) is 0.160. The first-order valence-corrected chi connectivity index (χ1v) is 11.3. The maximum atomic E-state index is 13.2. The summed E-state index contributed by atoms with van der Waals surface area (Å²) in [5, 5.41) is 3.87. The molecule has 0 spiro atoms. The van der Waals surface area contributed by atoms with E-state index < -0.39 is 0 Å². The molecular formula is C25H23N3O3S. The van der Waals surface area contributed by atoms with Gasteiger partial charge in [0.1, 0.15) is 12.4 Å². The molecule has 1 amide bonds. The Bertz CT molecular complexity index is 1290. The summed E-state index contributed by atoms with van der Waals surface area (Å²) in [6.07, 6.45) is 0. The molecule has 6 nitrogen and oxygen atoms in total. The third-order valence-electron chi connectivity index (χ3n) is 4.77. The van der Waals surface area contributed by atoms with E-state index in [0.29, 0.717) is 34.9 Å². The van der Waals surface area contributed by atoms with Crippen LogP contribution in [0.25, 0.3) is 16.6 Å². The quantitative estimate of drug-likeness (QED) is 0.252. The van der Waals surface area contributed by atoms with Gasteiger partial charge >= 0.3 is 0 Å². The highest BCUT2D eigenvalue weighted by molar-refractivity contribution is 7.99. The van der Waals surface area contributed by atoms with Crippen LogP contribution in [0.3, 0.4) is 0 Å². The van der Waals surface area contributed by atoms with Gasteiger partial charge in [-0.15, -0.1) is 0 Å². The molecule has 3 aromatic carbocycles. The minimum Gasteiger partial charge on any atom is -0.492 e. The predicted octanol–water partition coefficient (Wildman–Crippen LogP) is 3.98. The van der Waals surface area contributed by atoms with Gasteiger partial charge in [-0.2, -0.15) is 0 Å². The molecule has 0 unspecified atom stereocenters. The molecule has 1 N–H and O–H groups in total. The third-order valence-corrected chi connectivity index (χ3v) is 5.71. The van der Waals surface area contributed by atoms with Gasteiger partial charge in [-0.3, -0.25) is 14.2 Å². The number of rotatable bonds is 8. The normalized spacial score (nSPS) is 10.8. The lowest BCUT2D eigenvalue weighted by molar-refractivity contribution is -0.118. The van der Waals surface area contributed by atoms with E-state index in [-0.39, 0.29) is 17.2 Å². The van der Waals surface area contributed by atoms with Crippen molar-refractivity contribution in [2.24, 2.45) is 0 Å². The number of ether oxygens (including phenoxy) is 1. The van der Waals surface area contributed by atoms with Crippen LogP contribution in [0.1, 0.15) is 5.56 Å². The maximum absolute atomic E-state index is 13.2. The highest BCUT2D eigenvalue weighted by atomic mass is 32.2. The molecule has 0 aliphatic heterocycles. The number of carbonyl (C=O) groups excluding carboxylic acids is 1. The second kappa shape index (κ2) is 10.2. The third kappa shape index (κ3) is 5.18. The molecule has 0 radical (unpaired) electrons. The zero-order valence-corrected chi connectivity index (χ0v) is 18.5. The van der Waals surface area contributed by atoms with Gasteiger partial charge in [0, 0.05) is 0 Å². The number of aromatic nitrogens is 2. The molecule has 1 aromatic heterocycles. The second-order valence-electron chi connectivity index (χ2n) is 7.19. The summed E-state index contributed by atoms with van der Waals surface area (Å²) in [5.41, 5.74) is 2.29. The van der Waals surface area contributed by atoms with Crippen molar-refractivity contribution < 1.29 is 9.53 Å². The van der Waals surface area contributed by atoms with Crippen LogP contribution in [-0.2, 0) is 4.79 Å². The van der Waals surface area contributed by atoms with E-state index >= 15 is 0 Å². The minimum absolute atomic E-state index is 0.141. The van der Waals surface area contributed by atoms with Crippen LogP contribution < -0.4 is 15.6 Å². The zero-order chi connectivity index (χ0) is 22.3. The molecule has 0 saturated carbocycles. The fourth-order valence-corrected chi connectivity index (χ4v) is 4.10. The Morgan fingerprint density at radius 1 is 1.03 bits per heavy atom. The number of carbonyl (C=O) groups is 1. The highest BCUT2D eigenvalue weighted by Crippen LogP contribution is 2.21. The standard InChI is InChI=1S/C25H23N3O3S/c1-18-8-7-11-20(16-18)31-15-14-26-23(29)17-32-25-27-22-13-6-5-12-21(22)24(30)28(25)19-9-3-2-4-10-19/h2-13,16H,14-15,17H2,1H3,(H,26,29). The van der Waals surface area contributed by atoms with E-state index in [2.05, 4.69) is 10.3 Å². The molecule has 7 heteroatoms. The molecular weight excluding hydrogens is 422 g/mol. The second-order valence-corrected chi connectivity index (χ2v) is 8.13. The van der Waals surface area contributed by atoms with Crippen LogP contribution in [-0.4, -0.2) is 34.4 Å². The summed E-state index contributed by atoms with van der Waals surface area (Å²) >= 11 is 1.23. The Labute approximate surface area is 190 Å². The minimum atomic E-state index is -0.156. The van der Waals surface area contributed by atoms with E-state index in [0.717, 1.165) is 11.3 Å². The molecule has 32 heavy (non-hydrogen) atoms. The van der Waals surface area contributed by atoms with Crippen LogP contribution in [0.5, 0.6) is 5.75 Å². The summed E-state index contributed by atoms with van der Waals surface area (Å²) in [4.78, 5) is 30.2. The van der Waals surface area contributed by atoms with Crippen molar-refractivity contribution in [3.63, 3.8) is 0 Å². The number of aryl methyl sites for hydroxylation is 1. The molecule has 162 valence electrons. The van der Waals surface area contributed by atoms with E-state index in [1.165, 1.54) is 11.8 Å². The van der Waals surface area contributed by atoms with Crippen LogP contribution in [0.4, 0.5) is 0 Å². The van der Waals surface area contributed by atoms with Gasteiger partial charge in [0.05, 0.1) is 28.9 Å². The number of fused-ring (bicyclic) bond motifs is 1. The van der Waals surface area contributed by atoms with Crippen LogP contribution in [0.15, 0.2) is 88.8 Å². The van der Waals surface area contributed by atoms with Gasteiger partial charge in [0.15, 0.2) is 5.16 Å². The lowest BCUT2D eigenvalue weighted by atomic mass is 10.2. The largest absolute Gasteiger partial charge is 0.492 e. The topological polar surface area (TPSA) is 73.2 Å². The van der Waals surface area contributed by atoms with E-state index in [1.54, 1.807) is 16.7 Å². The molecule has 0 bridgehead atoms. The summed E-state index contributed by atoms with van der Waals surface area (Å²) in [6, 6.07) is 24.3. The van der Waals surface area contributed by atoms with E-state index in [9.17, 15) is 9.59 Å². The average Bonchev–Trinajstić information content (AvgIpc) is 2.81. The summed E-state index contributed by atoms with van der Waals surface area (Å²) in [7, 11) is 0. The Morgan fingerprint density at radius 2 is 1.81 bits per heavy atom. The first kappa shape index (κ1) is 21.6. The smallest absolute Gasteiger partial charge is 0.266 e. The number of hydrogen-bond acceptors (Lipinski definition) is 5. The summed E-state index contributed by atoms with van der Waals surface area (Å²) < 4.78 is 7.22. The monoisotopic (exact) mass is 445 g/mol. The van der Waals surface area contributed by atoms with Gasteiger partial charge < -0.3 is 10.1 Å². The Hall–Kier alpha value is -3.58. The van der Waals surface area contributed by atoms with Crippen molar-refractivity contribution >= 4 is 28.6 Å². The van der Waals surface area contributed by atoms with Crippen molar-refractivity contribution in [2.75, 3.05) is 18.9 Å². The van der Waals surface area contributed by atoms with Crippen molar-refractivity contribution in [2.45, 2.75) is 12.1 Å². The van der Waals surface area contributed by atoms with E-state index in [1.807, 2.05) is 73.7 Å². The maximum Gasteiger partial charge on any atom is 0.266 e. The number of para-hydroxylation sites is 2. The average molecular weight is 446 g/mol. The fourth-order valence-electron chi connectivity index (χ4n) is 3.26. The van der Waals surface area contributed by atoms with Crippen LogP contribution in [0.2, 0.25) is 0 Å². The predicted molar refractivity (Wildman–Crippen MR) is 128 cm³/mol. The number of thioether (sulfide) groups is 1. The van der Waals surface area contributed by atoms with Gasteiger partial charge in [-0.05, 0) is 48.9 Å². The van der Waals surface area contributed by atoms with Gasteiger partial charge in [0.2, 0.25) is 5.91 Å². The number of hydrogen-bond donors (Lipinski definition) is 1. The molecule has 1 heterocycles. The molecule has 0 aliphatic rings. The number of nitrogens with zero attached hydrogens (tertiary/aromatic N) is 2. The lowest BCUT2D eigenvalue weighted by Crippen LogP contribution is -2.30. The molecule has 0 saturated heterocycles. The molecule has 0 atom stereocenters. The number of amides is 1. The van der Waals surface area contributed by atoms with Crippen molar-refractivity contribution in [3.05, 3.63) is 94.8 Å². The summed E-state index contributed by atoms with van der Waals surface area (Å²) in [6.45, 7) is 2.77. The van der Waals surface area contributed by atoms with Crippen molar-refractivity contribution in [1.29, 1.82) is 0 Å². The van der Waals surface area contributed by atoms with Crippen LogP contribution >= 0.6 is 11.8 Å². The summed E-state index contributed by atoms with van der Waals surface area (Å²) in [5.74, 6) is 0.771. The lowest BCUT2D eigenvalue weighted by Gasteiger charge is -2.13. The van der Waals surface area contributed by atoms with E-state index in [4.69, 9.17) is 4.74 Å². The molecule has 4 rings (SSSR count). The zero-order valence-electron chi connectivity index (χ0n) is 17.7.